The van der Waals surface area contributed by atoms with Crippen LogP contribution in [0.3, 0.4) is 0 Å². The highest BCUT2D eigenvalue weighted by molar-refractivity contribution is 9.10. The smallest absolute Gasteiger partial charge is 0.0675 e. The first-order chi connectivity index (χ1) is 9.02. The van der Waals surface area contributed by atoms with Crippen LogP contribution in [0.2, 0.25) is 0 Å². The molecule has 0 saturated carbocycles. The van der Waals surface area contributed by atoms with Gasteiger partial charge in [0.1, 0.15) is 0 Å². The van der Waals surface area contributed by atoms with Gasteiger partial charge in [-0.3, -0.25) is 4.90 Å². The van der Waals surface area contributed by atoms with Gasteiger partial charge in [0, 0.05) is 29.6 Å². The van der Waals surface area contributed by atoms with Crippen molar-refractivity contribution in [2.24, 2.45) is 5.73 Å². The molecule has 4 heteroatoms. The first-order valence-corrected chi connectivity index (χ1v) is 7.65. The number of nitrogens with two attached hydrogens (primary N) is 1. The van der Waals surface area contributed by atoms with Crippen molar-refractivity contribution in [3.63, 3.8) is 0 Å². The van der Waals surface area contributed by atoms with Crippen molar-refractivity contribution in [2.75, 3.05) is 19.7 Å². The molecule has 1 saturated heterocycles. The van der Waals surface area contributed by atoms with Gasteiger partial charge in [-0.05, 0) is 38.0 Å². The van der Waals surface area contributed by atoms with E-state index in [1.807, 2.05) is 0 Å². The molecule has 2 rings (SSSR count). The lowest BCUT2D eigenvalue weighted by atomic mass is 10.0. The van der Waals surface area contributed by atoms with Gasteiger partial charge in [0.15, 0.2) is 0 Å². The summed E-state index contributed by atoms with van der Waals surface area (Å²) in [4.78, 5) is 2.46. The fourth-order valence-corrected chi connectivity index (χ4v) is 3.46. The molecule has 0 amide bonds. The molecule has 19 heavy (non-hydrogen) atoms. The van der Waals surface area contributed by atoms with Gasteiger partial charge >= 0.3 is 0 Å². The van der Waals surface area contributed by atoms with Crippen molar-refractivity contribution in [3.05, 3.63) is 33.8 Å². The molecule has 3 nitrogen and oxygen atoms in total. The van der Waals surface area contributed by atoms with Crippen molar-refractivity contribution in [1.29, 1.82) is 0 Å². The van der Waals surface area contributed by atoms with E-state index in [4.69, 9.17) is 10.5 Å². The highest BCUT2D eigenvalue weighted by atomic mass is 79.9. The molecule has 3 unspecified atom stereocenters. The molecular weight excluding hydrogens is 304 g/mol. The number of hydrogen-bond donors (Lipinski definition) is 1. The van der Waals surface area contributed by atoms with Crippen LogP contribution >= 0.6 is 15.9 Å². The Labute approximate surface area is 124 Å². The molecule has 1 aliphatic rings. The second kappa shape index (κ2) is 6.35. The maximum Gasteiger partial charge on any atom is 0.0675 e. The van der Waals surface area contributed by atoms with E-state index >= 15 is 0 Å². The number of nitrogens with zero attached hydrogens (tertiary/aromatic N) is 1. The highest BCUT2D eigenvalue weighted by Gasteiger charge is 2.30. The topological polar surface area (TPSA) is 38.5 Å². The fraction of sp³-hybridized carbons (Fsp3) is 0.600. The van der Waals surface area contributed by atoms with E-state index in [1.165, 1.54) is 11.1 Å². The molecule has 0 bridgehead atoms. The lowest BCUT2D eigenvalue weighted by Crippen LogP contribution is -2.50. The van der Waals surface area contributed by atoms with Crippen molar-refractivity contribution < 1.29 is 4.74 Å². The third kappa shape index (κ3) is 3.37. The summed E-state index contributed by atoms with van der Waals surface area (Å²) in [6, 6.07) is 7.14. The zero-order valence-electron chi connectivity index (χ0n) is 11.9. The fourth-order valence-electron chi connectivity index (χ4n) is 2.71. The molecule has 0 aromatic heterocycles. The van der Waals surface area contributed by atoms with Gasteiger partial charge in [0.2, 0.25) is 0 Å². The monoisotopic (exact) mass is 326 g/mol. The van der Waals surface area contributed by atoms with Gasteiger partial charge < -0.3 is 10.5 Å². The molecule has 1 aromatic carbocycles. The van der Waals surface area contributed by atoms with Gasteiger partial charge in [0.25, 0.3) is 0 Å². The number of benzene rings is 1. The number of morpholine rings is 1. The second-order valence-electron chi connectivity index (χ2n) is 5.47. The molecular formula is C15H23BrN2O. The Kier molecular flexibility index (Phi) is 5.01. The summed E-state index contributed by atoms with van der Waals surface area (Å²) >= 11 is 3.68. The summed E-state index contributed by atoms with van der Waals surface area (Å²) in [7, 11) is 0. The minimum absolute atomic E-state index is 0.247. The van der Waals surface area contributed by atoms with E-state index < -0.39 is 0 Å². The van der Waals surface area contributed by atoms with Crippen LogP contribution in [-0.2, 0) is 4.74 Å². The largest absolute Gasteiger partial charge is 0.376 e. The first-order valence-electron chi connectivity index (χ1n) is 6.86. The van der Waals surface area contributed by atoms with Crippen molar-refractivity contribution in [2.45, 2.75) is 39.0 Å². The molecule has 1 heterocycles. The summed E-state index contributed by atoms with van der Waals surface area (Å²) in [6.07, 6.45) is 0.273. The van der Waals surface area contributed by atoms with Crippen molar-refractivity contribution in [1.82, 2.24) is 4.90 Å². The molecule has 1 aliphatic heterocycles. The maximum atomic E-state index is 6.05. The zero-order valence-corrected chi connectivity index (χ0v) is 13.5. The van der Waals surface area contributed by atoms with E-state index in [0.717, 1.165) is 17.6 Å². The van der Waals surface area contributed by atoms with Crippen LogP contribution in [0.25, 0.3) is 0 Å². The average Bonchev–Trinajstić information content (AvgIpc) is 2.36. The van der Waals surface area contributed by atoms with E-state index in [2.05, 4.69) is 59.8 Å². The molecule has 0 radical (unpaired) electrons. The minimum atomic E-state index is 0.247. The van der Waals surface area contributed by atoms with Crippen LogP contribution in [-0.4, -0.2) is 36.7 Å². The SMILES string of the molecule is Cc1ccc(C(CN)N2CC(C)OCC2C)c(Br)c1. The van der Waals surface area contributed by atoms with Gasteiger partial charge in [-0.25, -0.2) is 0 Å². The molecule has 1 aromatic rings. The van der Waals surface area contributed by atoms with Gasteiger partial charge in [-0.1, -0.05) is 28.1 Å². The summed E-state index contributed by atoms with van der Waals surface area (Å²) in [6.45, 7) is 8.77. The first kappa shape index (κ1) is 15.0. The molecule has 106 valence electrons. The molecule has 0 spiro atoms. The van der Waals surface area contributed by atoms with Gasteiger partial charge in [0.05, 0.1) is 12.7 Å². The average molecular weight is 327 g/mol. The van der Waals surface area contributed by atoms with E-state index in [1.54, 1.807) is 0 Å². The van der Waals surface area contributed by atoms with E-state index in [0.29, 0.717) is 12.6 Å². The predicted octanol–water partition coefficient (Wildman–Crippen LogP) is 2.87. The second-order valence-corrected chi connectivity index (χ2v) is 6.32. The number of aryl methyl sites for hydroxylation is 1. The van der Waals surface area contributed by atoms with Crippen LogP contribution in [0, 0.1) is 6.92 Å². The third-order valence-corrected chi connectivity index (χ3v) is 4.48. The van der Waals surface area contributed by atoms with Crippen LogP contribution in [0.15, 0.2) is 22.7 Å². The summed E-state index contributed by atoms with van der Waals surface area (Å²) in [5.74, 6) is 0. The van der Waals surface area contributed by atoms with Crippen LogP contribution in [0.5, 0.6) is 0 Å². The summed E-state index contributed by atoms with van der Waals surface area (Å²) in [5.41, 5.74) is 8.58. The standard InChI is InChI=1S/C15H23BrN2O/c1-10-4-5-13(14(16)6-10)15(7-17)18-8-12(3)19-9-11(18)2/h4-6,11-12,15H,7-9,17H2,1-3H3. The predicted molar refractivity (Wildman–Crippen MR) is 82.3 cm³/mol. The molecule has 2 N–H and O–H groups in total. The van der Waals surface area contributed by atoms with Crippen molar-refractivity contribution in [3.8, 4) is 0 Å². The quantitative estimate of drug-likeness (QED) is 0.928. The summed E-state index contributed by atoms with van der Waals surface area (Å²) < 4.78 is 6.85. The Hall–Kier alpha value is -0.420. The Morgan fingerprint density at radius 1 is 1.47 bits per heavy atom. The number of halogens is 1. The van der Waals surface area contributed by atoms with Crippen molar-refractivity contribution >= 4 is 15.9 Å². The van der Waals surface area contributed by atoms with Crippen LogP contribution < -0.4 is 5.73 Å². The van der Waals surface area contributed by atoms with Crippen LogP contribution in [0.1, 0.15) is 31.0 Å². The summed E-state index contributed by atoms with van der Waals surface area (Å²) in [5, 5.41) is 0. The van der Waals surface area contributed by atoms with E-state index in [-0.39, 0.29) is 12.1 Å². The maximum absolute atomic E-state index is 6.05. The third-order valence-electron chi connectivity index (χ3n) is 3.79. The molecule has 1 fully saturated rings. The Bertz CT molecular complexity index is 438. The van der Waals surface area contributed by atoms with Gasteiger partial charge in [-0.2, -0.15) is 0 Å². The molecule has 0 aliphatic carbocycles. The normalized spacial score (nSPS) is 26.4. The zero-order chi connectivity index (χ0) is 14.0. The Balaban J connectivity index is 2.27. The number of rotatable bonds is 3. The lowest BCUT2D eigenvalue weighted by molar-refractivity contribution is -0.0654. The highest BCUT2D eigenvalue weighted by Crippen LogP contribution is 2.31. The Morgan fingerprint density at radius 2 is 2.21 bits per heavy atom. The number of hydrogen-bond acceptors (Lipinski definition) is 3. The van der Waals surface area contributed by atoms with E-state index in [9.17, 15) is 0 Å². The van der Waals surface area contributed by atoms with Crippen LogP contribution in [0.4, 0.5) is 0 Å². The minimum Gasteiger partial charge on any atom is -0.376 e. The molecule has 3 atom stereocenters. The van der Waals surface area contributed by atoms with Gasteiger partial charge in [-0.15, -0.1) is 0 Å². The lowest BCUT2D eigenvalue weighted by Gasteiger charge is -2.42. The number of ether oxygens (including phenoxy) is 1. The Morgan fingerprint density at radius 3 is 2.84 bits per heavy atom.